The molecule has 0 atom stereocenters. The van der Waals surface area contributed by atoms with Crippen molar-refractivity contribution in [3.63, 3.8) is 0 Å². The van der Waals surface area contributed by atoms with Gasteiger partial charge in [-0.05, 0) is 12.8 Å². The summed E-state index contributed by atoms with van der Waals surface area (Å²) >= 11 is 0. The average molecular weight is 288 g/mol. The van der Waals surface area contributed by atoms with Gasteiger partial charge in [-0.25, -0.2) is 9.18 Å². The maximum atomic E-state index is 13.5. The maximum Gasteiger partial charge on any atom is 0.490 e. The summed E-state index contributed by atoms with van der Waals surface area (Å²) in [5.74, 6) is -2.76. The van der Waals surface area contributed by atoms with Crippen LogP contribution in [0.2, 0.25) is 0 Å². The number of carboxylic acid groups (broad SMARTS) is 1. The molecular weight excluding hydrogens is 268 g/mol. The van der Waals surface area contributed by atoms with Crippen LogP contribution in [0.25, 0.3) is 0 Å². The van der Waals surface area contributed by atoms with Gasteiger partial charge in [-0.2, -0.15) is 13.2 Å². The molecule has 4 nitrogen and oxygen atoms in total. The third kappa shape index (κ3) is 6.72. The summed E-state index contributed by atoms with van der Waals surface area (Å²) < 4.78 is 45.2. The number of halogens is 4. The molecule has 1 heterocycles. The molecule has 114 valence electrons. The first-order valence-electron chi connectivity index (χ1n) is 6.16. The number of carboxylic acids is 1. The Kier molecular flexibility index (Phi) is 7.93. The fourth-order valence-corrected chi connectivity index (χ4v) is 1.71. The van der Waals surface area contributed by atoms with Crippen LogP contribution >= 0.6 is 0 Å². The Hall–Kier alpha value is -0.890. The second-order valence-corrected chi connectivity index (χ2v) is 4.19. The molecule has 1 aliphatic rings. The molecule has 8 heteroatoms. The molecule has 0 amide bonds. The summed E-state index contributed by atoms with van der Waals surface area (Å²) in [6.07, 6.45) is -3.81. The largest absolute Gasteiger partial charge is 0.490 e. The second-order valence-electron chi connectivity index (χ2n) is 4.19. The zero-order valence-electron chi connectivity index (χ0n) is 11.1. The van der Waals surface area contributed by atoms with Crippen molar-refractivity contribution in [1.82, 2.24) is 9.80 Å². The number of alkyl halides is 4. The molecule has 19 heavy (non-hydrogen) atoms. The van der Waals surface area contributed by atoms with Gasteiger partial charge in [0.25, 0.3) is 0 Å². The van der Waals surface area contributed by atoms with Crippen molar-refractivity contribution < 1.29 is 27.5 Å². The molecule has 1 N–H and O–H groups in total. The Balaban J connectivity index is 0.000000399. The van der Waals surface area contributed by atoms with Crippen molar-refractivity contribution in [3.05, 3.63) is 0 Å². The maximum absolute atomic E-state index is 13.5. The molecule has 0 saturated carbocycles. The molecule has 0 aliphatic carbocycles. The average Bonchev–Trinajstić information content (AvgIpc) is 2.62. The van der Waals surface area contributed by atoms with Crippen LogP contribution in [0.5, 0.6) is 0 Å². The Morgan fingerprint density at radius 1 is 1.16 bits per heavy atom. The van der Waals surface area contributed by atoms with E-state index in [0.29, 0.717) is 0 Å². The van der Waals surface area contributed by atoms with Crippen LogP contribution in [-0.4, -0.2) is 59.7 Å². The first-order chi connectivity index (χ1) is 8.73. The van der Waals surface area contributed by atoms with Crippen LogP contribution < -0.4 is 0 Å². The lowest BCUT2D eigenvalue weighted by Gasteiger charge is -2.22. The molecule has 1 saturated heterocycles. The van der Waals surface area contributed by atoms with Crippen molar-refractivity contribution >= 4 is 5.97 Å². The van der Waals surface area contributed by atoms with E-state index in [-0.39, 0.29) is 0 Å². The number of hydrogen-bond donors (Lipinski definition) is 1. The van der Waals surface area contributed by atoms with E-state index in [0.717, 1.165) is 39.0 Å². The van der Waals surface area contributed by atoms with Crippen molar-refractivity contribution in [1.29, 1.82) is 0 Å². The van der Waals surface area contributed by atoms with Crippen molar-refractivity contribution in [2.24, 2.45) is 0 Å². The molecular formula is C11H20F4N2O2. The van der Waals surface area contributed by atoms with E-state index in [9.17, 15) is 17.6 Å². The van der Waals surface area contributed by atoms with E-state index in [1.165, 1.54) is 0 Å². The quantitative estimate of drug-likeness (QED) is 0.637. The summed E-state index contributed by atoms with van der Waals surface area (Å²) in [5.41, 5.74) is 0. The highest BCUT2D eigenvalue weighted by Gasteiger charge is 2.38. The minimum absolute atomic E-state index is 0.815. The highest BCUT2D eigenvalue weighted by Crippen LogP contribution is 2.15. The van der Waals surface area contributed by atoms with Gasteiger partial charge in [0.15, 0.2) is 0 Å². The smallest absolute Gasteiger partial charge is 0.475 e. The Morgan fingerprint density at radius 2 is 1.47 bits per heavy atom. The SMILES string of the molecule is CCCN1CCN(CCC)C1F.O=C(O)C(F)(F)F. The number of rotatable bonds is 4. The van der Waals surface area contributed by atoms with Crippen molar-refractivity contribution in [3.8, 4) is 0 Å². The van der Waals surface area contributed by atoms with E-state index >= 15 is 0 Å². The molecule has 1 rings (SSSR count). The van der Waals surface area contributed by atoms with Gasteiger partial charge in [-0.15, -0.1) is 0 Å². The van der Waals surface area contributed by atoms with Gasteiger partial charge in [0.05, 0.1) is 0 Å². The molecule has 0 radical (unpaired) electrons. The molecule has 0 unspecified atom stereocenters. The molecule has 1 aliphatic heterocycles. The Bertz CT molecular complexity index is 260. The monoisotopic (exact) mass is 288 g/mol. The topological polar surface area (TPSA) is 43.8 Å². The van der Waals surface area contributed by atoms with Gasteiger partial charge in [-0.3, -0.25) is 9.80 Å². The Morgan fingerprint density at radius 3 is 1.68 bits per heavy atom. The van der Waals surface area contributed by atoms with E-state index in [1.807, 2.05) is 9.80 Å². The first-order valence-corrected chi connectivity index (χ1v) is 6.16. The van der Waals surface area contributed by atoms with Crippen LogP contribution in [0, 0.1) is 0 Å². The second kappa shape index (κ2) is 8.31. The number of aliphatic carboxylic acids is 1. The van der Waals surface area contributed by atoms with Gasteiger partial charge in [0.2, 0.25) is 6.42 Å². The highest BCUT2D eigenvalue weighted by atomic mass is 19.4. The molecule has 0 bridgehead atoms. The first kappa shape index (κ1) is 18.1. The van der Waals surface area contributed by atoms with Gasteiger partial charge in [-0.1, -0.05) is 13.8 Å². The molecule has 0 aromatic rings. The van der Waals surface area contributed by atoms with E-state index in [2.05, 4.69) is 13.8 Å². The lowest BCUT2D eigenvalue weighted by atomic mass is 10.4. The zero-order chi connectivity index (χ0) is 15.1. The van der Waals surface area contributed by atoms with Gasteiger partial charge >= 0.3 is 12.1 Å². The van der Waals surface area contributed by atoms with Gasteiger partial charge in [0.1, 0.15) is 0 Å². The van der Waals surface area contributed by atoms with Crippen LogP contribution in [0.15, 0.2) is 0 Å². The van der Waals surface area contributed by atoms with E-state index in [4.69, 9.17) is 9.90 Å². The number of hydrogen-bond acceptors (Lipinski definition) is 3. The third-order valence-corrected chi connectivity index (χ3v) is 2.54. The van der Waals surface area contributed by atoms with Crippen LogP contribution in [0.4, 0.5) is 17.6 Å². The predicted molar refractivity (Wildman–Crippen MR) is 62.3 cm³/mol. The van der Waals surface area contributed by atoms with Crippen molar-refractivity contribution in [2.75, 3.05) is 26.2 Å². The normalized spacial score (nSPS) is 18.2. The van der Waals surface area contributed by atoms with E-state index < -0.39 is 18.6 Å². The van der Waals surface area contributed by atoms with Crippen LogP contribution in [0.1, 0.15) is 26.7 Å². The lowest BCUT2D eigenvalue weighted by Crippen LogP contribution is -2.35. The summed E-state index contributed by atoms with van der Waals surface area (Å²) in [6, 6.07) is 0. The molecule has 0 aromatic carbocycles. The minimum atomic E-state index is -5.08. The summed E-state index contributed by atoms with van der Waals surface area (Å²) in [5, 5.41) is 7.12. The molecule has 0 spiro atoms. The van der Waals surface area contributed by atoms with Gasteiger partial charge < -0.3 is 5.11 Å². The standard InChI is InChI=1S/C9H19FN2.C2HF3O2/c1-3-5-11-7-8-12(6-4-2)9(11)10;3-2(4,5)1(6)7/h9H,3-8H2,1-2H3;(H,6,7). The molecule has 1 fully saturated rings. The fraction of sp³-hybridized carbons (Fsp3) is 0.909. The Labute approximate surface area is 110 Å². The summed E-state index contributed by atoms with van der Waals surface area (Å²) in [4.78, 5) is 12.7. The van der Waals surface area contributed by atoms with Gasteiger partial charge in [0, 0.05) is 26.2 Å². The number of nitrogens with zero attached hydrogens (tertiary/aromatic N) is 2. The highest BCUT2D eigenvalue weighted by molar-refractivity contribution is 5.73. The predicted octanol–water partition coefficient (Wildman–Crippen LogP) is 2.31. The van der Waals surface area contributed by atoms with E-state index in [1.54, 1.807) is 0 Å². The third-order valence-electron chi connectivity index (χ3n) is 2.54. The zero-order valence-corrected chi connectivity index (χ0v) is 11.1. The summed E-state index contributed by atoms with van der Waals surface area (Å²) in [6.45, 7) is 7.76. The minimum Gasteiger partial charge on any atom is -0.475 e. The van der Waals surface area contributed by atoms with Crippen LogP contribution in [-0.2, 0) is 4.79 Å². The summed E-state index contributed by atoms with van der Waals surface area (Å²) in [7, 11) is 0. The lowest BCUT2D eigenvalue weighted by molar-refractivity contribution is -0.192. The molecule has 0 aromatic heterocycles. The number of carbonyl (C=O) groups is 1. The van der Waals surface area contributed by atoms with Crippen LogP contribution in [0.3, 0.4) is 0 Å². The fourth-order valence-electron chi connectivity index (χ4n) is 1.71. The van der Waals surface area contributed by atoms with Crippen molar-refractivity contribution in [2.45, 2.75) is 39.3 Å².